The molecule has 1 aliphatic heterocycles. The van der Waals surface area contributed by atoms with E-state index in [1.54, 1.807) is 17.0 Å². The summed E-state index contributed by atoms with van der Waals surface area (Å²) in [6.07, 6.45) is 3.52. The number of carbonyl (C=O) groups is 2. The van der Waals surface area contributed by atoms with Gasteiger partial charge in [0.15, 0.2) is 12.4 Å². The van der Waals surface area contributed by atoms with Crippen LogP contribution in [0.3, 0.4) is 0 Å². The molecular formula is C17H12IN3O2. The largest absolute Gasteiger partial charge is 0.763 e. The Labute approximate surface area is 146 Å². The zero-order valence-electron chi connectivity index (χ0n) is 11.9. The Morgan fingerprint density at radius 1 is 1.09 bits per heavy atom. The number of hydrogen-bond donors (Lipinski definition) is 1. The Balaban J connectivity index is 2.22. The number of imide groups is 1. The van der Waals surface area contributed by atoms with E-state index in [0.29, 0.717) is 0 Å². The topological polar surface area (TPSA) is 72.3 Å². The maximum atomic E-state index is 12.5. The van der Waals surface area contributed by atoms with E-state index in [1.807, 2.05) is 48.3 Å². The number of hydrogen-bond acceptors (Lipinski definition) is 2. The number of piperidine rings is 1. The first-order valence-electron chi connectivity index (χ1n) is 6.96. The molecule has 6 heteroatoms. The van der Waals surface area contributed by atoms with Crippen LogP contribution in [0.5, 0.6) is 0 Å². The predicted octanol–water partition coefficient (Wildman–Crippen LogP) is 1.73. The third kappa shape index (κ3) is 2.83. The molecule has 0 spiro atoms. The van der Waals surface area contributed by atoms with Crippen LogP contribution in [0.2, 0.25) is 0 Å². The number of nitrogens with one attached hydrogen (secondary N) is 1. The van der Waals surface area contributed by atoms with Crippen LogP contribution in [0.15, 0.2) is 60.4 Å². The standard InChI is InChI=1S/C17H12IN3O2/c18-13-7-3-2-6-11(13)14-12(10-19)16(22)20-17(23)15(14)21-8-4-1-5-9-21/h1-9,14-15H,(H,20,22,23)/t14-,15?/m0/s1. The molecule has 1 fully saturated rings. The zero-order chi connectivity index (χ0) is 16.4. The quantitative estimate of drug-likeness (QED) is 0.266. The molecule has 3 rings (SSSR count). The molecule has 114 valence electrons. The zero-order valence-corrected chi connectivity index (χ0v) is 14.1. The molecule has 23 heavy (non-hydrogen) atoms. The van der Waals surface area contributed by atoms with Gasteiger partial charge in [-0.2, -0.15) is 4.57 Å². The molecule has 1 saturated heterocycles. The SMILES string of the molecule is [N-]=C=C1C(=O)NC(=O)C([n+]2ccccc2)[C@H]1c1ccccc1I. The first-order chi connectivity index (χ1) is 11.1. The number of nitrogens with zero attached hydrogens (tertiary/aromatic N) is 2. The highest BCUT2D eigenvalue weighted by Gasteiger charge is 2.46. The van der Waals surface area contributed by atoms with Crippen LogP contribution in [0.1, 0.15) is 17.5 Å². The van der Waals surface area contributed by atoms with Crippen molar-refractivity contribution < 1.29 is 14.2 Å². The van der Waals surface area contributed by atoms with Crippen LogP contribution in [0.4, 0.5) is 0 Å². The molecule has 1 unspecified atom stereocenters. The van der Waals surface area contributed by atoms with Gasteiger partial charge in [-0.1, -0.05) is 24.3 Å². The van der Waals surface area contributed by atoms with E-state index in [0.717, 1.165) is 9.13 Å². The van der Waals surface area contributed by atoms with Crippen molar-refractivity contribution in [3.8, 4) is 0 Å². The molecule has 2 aromatic rings. The minimum atomic E-state index is -0.681. The van der Waals surface area contributed by atoms with E-state index in [4.69, 9.17) is 0 Å². The molecule has 1 N–H and O–H groups in total. The average molecular weight is 417 g/mol. The van der Waals surface area contributed by atoms with Gasteiger partial charge in [0.05, 0.1) is 11.5 Å². The summed E-state index contributed by atoms with van der Waals surface area (Å²) < 4.78 is 2.64. The summed E-state index contributed by atoms with van der Waals surface area (Å²) in [5.74, 6) is 0.353. The van der Waals surface area contributed by atoms with Crippen molar-refractivity contribution >= 4 is 40.3 Å². The highest BCUT2D eigenvalue weighted by Crippen LogP contribution is 2.36. The van der Waals surface area contributed by atoms with Crippen molar-refractivity contribution in [2.75, 3.05) is 0 Å². The lowest BCUT2D eigenvalue weighted by Crippen LogP contribution is -2.57. The van der Waals surface area contributed by atoms with Crippen molar-refractivity contribution in [2.24, 2.45) is 0 Å². The molecule has 0 bridgehead atoms. The van der Waals surface area contributed by atoms with Crippen molar-refractivity contribution in [2.45, 2.75) is 12.0 Å². The van der Waals surface area contributed by atoms with Crippen LogP contribution in [0, 0.1) is 3.57 Å². The Morgan fingerprint density at radius 2 is 1.78 bits per heavy atom. The molecule has 0 radical (unpaired) electrons. The third-order valence-corrected chi connectivity index (χ3v) is 4.78. The Bertz CT molecular complexity index is 829. The fraction of sp³-hybridized carbons (Fsp3) is 0.118. The first-order valence-corrected chi connectivity index (χ1v) is 8.03. The van der Waals surface area contributed by atoms with Crippen molar-refractivity contribution in [3.63, 3.8) is 0 Å². The monoisotopic (exact) mass is 417 g/mol. The highest BCUT2D eigenvalue weighted by molar-refractivity contribution is 14.1. The summed E-state index contributed by atoms with van der Waals surface area (Å²) in [4.78, 5) is 24.6. The summed E-state index contributed by atoms with van der Waals surface area (Å²) in [5.41, 5.74) is 0.851. The van der Waals surface area contributed by atoms with Gasteiger partial charge in [0.2, 0.25) is 6.04 Å². The highest BCUT2D eigenvalue weighted by atomic mass is 127. The molecule has 1 aromatic heterocycles. The van der Waals surface area contributed by atoms with Gasteiger partial charge >= 0.3 is 0 Å². The van der Waals surface area contributed by atoms with Gasteiger partial charge in [-0.25, -0.2) is 0 Å². The van der Waals surface area contributed by atoms with E-state index in [1.165, 1.54) is 0 Å². The number of halogens is 1. The molecule has 2 atom stereocenters. The normalized spacial score (nSPS) is 20.8. The molecule has 1 aliphatic rings. The summed E-state index contributed by atoms with van der Waals surface area (Å²) >= 11 is 2.16. The van der Waals surface area contributed by atoms with Crippen LogP contribution in [-0.2, 0) is 9.59 Å². The molecule has 5 nitrogen and oxygen atoms in total. The summed E-state index contributed by atoms with van der Waals surface area (Å²) in [5, 5.41) is 11.8. The lowest BCUT2D eigenvalue weighted by Gasteiger charge is -2.29. The predicted molar refractivity (Wildman–Crippen MR) is 92.6 cm³/mol. The number of rotatable bonds is 2. The van der Waals surface area contributed by atoms with E-state index in [-0.39, 0.29) is 5.57 Å². The van der Waals surface area contributed by atoms with Crippen molar-refractivity contribution in [3.05, 3.63) is 75.0 Å². The van der Waals surface area contributed by atoms with E-state index < -0.39 is 23.8 Å². The molecule has 2 amide bonds. The van der Waals surface area contributed by atoms with E-state index >= 15 is 0 Å². The second-order valence-corrected chi connectivity index (χ2v) is 6.27. The number of pyridine rings is 1. The van der Waals surface area contributed by atoms with Crippen LogP contribution in [0.25, 0.3) is 5.41 Å². The summed E-state index contributed by atoms with van der Waals surface area (Å²) in [7, 11) is 0. The van der Waals surface area contributed by atoms with Crippen molar-refractivity contribution in [1.29, 1.82) is 0 Å². The second-order valence-electron chi connectivity index (χ2n) is 5.11. The number of carbonyl (C=O) groups excluding carboxylic acids is 2. The van der Waals surface area contributed by atoms with Crippen LogP contribution in [-0.4, -0.2) is 17.7 Å². The van der Waals surface area contributed by atoms with Gasteiger partial charge in [-0.15, -0.1) is 0 Å². The van der Waals surface area contributed by atoms with Gasteiger partial charge in [0.25, 0.3) is 11.8 Å². The smallest absolute Gasteiger partial charge is 0.296 e. The molecule has 1 aromatic carbocycles. The van der Waals surface area contributed by atoms with E-state index in [2.05, 4.69) is 27.9 Å². The number of amides is 2. The molecule has 2 heterocycles. The maximum Gasteiger partial charge on any atom is 0.296 e. The third-order valence-electron chi connectivity index (χ3n) is 3.80. The minimum absolute atomic E-state index is 0.0510. The minimum Gasteiger partial charge on any atom is -0.763 e. The maximum absolute atomic E-state index is 12.5. The Kier molecular flexibility index (Phi) is 4.36. The fourth-order valence-electron chi connectivity index (χ4n) is 2.78. The number of aromatic nitrogens is 1. The van der Waals surface area contributed by atoms with Gasteiger partial charge in [-0.3, -0.25) is 20.8 Å². The summed E-state index contributed by atoms with van der Waals surface area (Å²) in [6, 6.07) is 12.3. The fourth-order valence-corrected chi connectivity index (χ4v) is 3.50. The second kappa shape index (κ2) is 6.44. The van der Waals surface area contributed by atoms with Gasteiger partial charge in [-0.05, 0) is 34.2 Å². The Morgan fingerprint density at radius 3 is 2.43 bits per heavy atom. The average Bonchev–Trinajstić information content (AvgIpc) is 2.55. The summed E-state index contributed by atoms with van der Waals surface area (Å²) in [6.45, 7) is 0. The Hall–Kier alpha value is -2.31. The van der Waals surface area contributed by atoms with Gasteiger partial charge in [0, 0.05) is 15.7 Å². The lowest BCUT2D eigenvalue weighted by atomic mass is 9.81. The molecular weight excluding hydrogens is 405 g/mol. The first kappa shape index (κ1) is 15.6. The van der Waals surface area contributed by atoms with Gasteiger partial charge < -0.3 is 5.41 Å². The molecule has 0 saturated carbocycles. The van der Waals surface area contributed by atoms with E-state index in [9.17, 15) is 15.0 Å². The van der Waals surface area contributed by atoms with Crippen molar-refractivity contribution in [1.82, 2.24) is 5.32 Å². The van der Waals surface area contributed by atoms with Crippen LogP contribution >= 0.6 is 22.6 Å². The van der Waals surface area contributed by atoms with Crippen LogP contribution < -0.4 is 9.88 Å². The number of benzene rings is 1. The lowest BCUT2D eigenvalue weighted by molar-refractivity contribution is -0.711. The van der Waals surface area contributed by atoms with Gasteiger partial charge in [0.1, 0.15) is 0 Å². The molecule has 0 aliphatic carbocycles.